The zero-order chi connectivity index (χ0) is 19.7. The largest absolute Gasteiger partial charge is 0.493 e. The zero-order valence-electron chi connectivity index (χ0n) is 16.7. The van der Waals surface area contributed by atoms with E-state index in [1.807, 2.05) is 29.2 Å². The molecule has 7 nitrogen and oxygen atoms in total. The Hall–Kier alpha value is -2.54. The number of piperazine rings is 1. The number of amides is 1. The highest BCUT2D eigenvalue weighted by molar-refractivity contribution is 5.91. The molecule has 1 amide bonds. The number of carbonyl (C=O) groups is 1. The van der Waals surface area contributed by atoms with Crippen molar-refractivity contribution >= 4 is 5.91 Å². The van der Waals surface area contributed by atoms with Crippen LogP contribution in [-0.4, -0.2) is 67.8 Å². The van der Waals surface area contributed by atoms with Gasteiger partial charge in [0.1, 0.15) is 0 Å². The van der Waals surface area contributed by atoms with E-state index < -0.39 is 5.41 Å². The maximum absolute atomic E-state index is 13.2. The van der Waals surface area contributed by atoms with Crippen molar-refractivity contribution in [3.63, 3.8) is 0 Å². The third-order valence-corrected chi connectivity index (χ3v) is 5.93. The minimum atomic E-state index is -0.507. The Labute approximate surface area is 165 Å². The first-order chi connectivity index (χ1) is 13.6. The summed E-state index contributed by atoms with van der Waals surface area (Å²) in [5.74, 6) is 2.11. The number of hydrogen-bond acceptors (Lipinski definition) is 6. The molecule has 2 aliphatic rings. The molecule has 0 bridgehead atoms. The Balaban J connectivity index is 1.53. The first kappa shape index (κ1) is 18.8. The first-order valence-corrected chi connectivity index (χ1v) is 9.82. The molecule has 150 valence electrons. The molecule has 2 aromatic rings. The lowest BCUT2D eigenvalue weighted by Gasteiger charge is -2.35. The van der Waals surface area contributed by atoms with Gasteiger partial charge in [-0.2, -0.15) is 0 Å². The normalized spacial score (nSPS) is 18.8. The standard InChI is InChI=1S/C21H27N3O4/c1-4-23-9-11-24(12-10-23)20(25)21(7-8-21)19-14-17(28-22-19)15-5-6-16(26-2)18(13-15)27-3/h5-6,13-14H,4,7-12H2,1-3H3. The fourth-order valence-corrected chi connectivity index (χ4v) is 3.90. The summed E-state index contributed by atoms with van der Waals surface area (Å²) in [6, 6.07) is 7.49. The Kier molecular flexibility index (Phi) is 5.02. The molecule has 1 saturated carbocycles. The molecule has 2 fully saturated rings. The molecule has 1 aromatic heterocycles. The maximum atomic E-state index is 13.2. The summed E-state index contributed by atoms with van der Waals surface area (Å²) >= 11 is 0. The molecule has 0 spiro atoms. The highest BCUT2D eigenvalue weighted by Crippen LogP contribution is 2.50. The first-order valence-electron chi connectivity index (χ1n) is 9.82. The third kappa shape index (κ3) is 3.24. The van der Waals surface area contributed by atoms with Crippen molar-refractivity contribution in [2.75, 3.05) is 46.9 Å². The molecule has 7 heteroatoms. The van der Waals surface area contributed by atoms with Crippen molar-refractivity contribution in [2.45, 2.75) is 25.2 Å². The van der Waals surface area contributed by atoms with E-state index in [1.165, 1.54) is 0 Å². The highest BCUT2D eigenvalue weighted by atomic mass is 16.5. The second-order valence-electron chi connectivity index (χ2n) is 7.45. The van der Waals surface area contributed by atoms with Crippen molar-refractivity contribution in [1.29, 1.82) is 0 Å². The molecule has 0 radical (unpaired) electrons. The van der Waals surface area contributed by atoms with E-state index in [0.29, 0.717) is 17.3 Å². The van der Waals surface area contributed by atoms with Crippen molar-refractivity contribution < 1.29 is 18.8 Å². The van der Waals surface area contributed by atoms with Gasteiger partial charge in [0, 0.05) is 37.8 Å². The predicted octanol–water partition coefficient (Wildman–Crippen LogP) is 2.55. The Morgan fingerprint density at radius 2 is 1.82 bits per heavy atom. The monoisotopic (exact) mass is 385 g/mol. The van der Waals surface area contributed by atoms with E-state index in [9.17, 15) is 4.79 Å². The van der Waals surface area contributed by atoms with Crippen LogP contribution >= 0.6 is 0 Å². The summed E-state index contributed by atoms with van der Waals surface area (Å²) < 4.78 is 16.3. The van der Waals surface area contributed by atoms with Crippen LogP contribution in [0.2, 0.25) is 0 Å². The molecule has 1 aliphatic heterocycles. The minimum absolute atomic E-state index is 0.190. The lowest BCUT2D eigenvalue weighted by Crippen LogP contribution is -2.51. The Bertz CT molecular complexity index is 851. The summed E-state index contributed by atoms with van der Waals surface area (Å²) in [4.78, 5) is 17.6. The summed E-state index contributed by atoms with van der Waals surface area (Å²) in [6.07, 6.45) is 1.66. The van der Waals surface area contributed by atoms with Gasteiger partial charge in [0.05, 0.1) is 25.3 Å². The second kappa shape index (κ2) is 7.47. The molecule has 1 aliphatic carbocycles. The quantitative estimate of drug-likeness (QED) is 0.761. The average Bonchev–Trinajstić information content (AvgIpc) is 3.41. The van der Waals surface area contributed by atoms with E-state index in [1.54, 1.807) is 14.2 Å². The van der Waals surface area contributed by atoms with Gasteiger partial charge in [-0.1, -0.05) is 12.1 Å². The molecular weight excluding hydrogens is 358 g/mol. The molecule has 0 atom stereocenters. The number of rotatable bonds is 6. The van der Waals surface area contributed by atoms with Crippen LogP contribution < -0.4 is 9.47 Å². The lowest BCUT2D eigenvalue weighted by atomic mass is 9.99. The van der Waals surface area contributed by atoms with Gasteiger partial charge in [-0.3, -0.25) is 4.79 Å². The van der Waals surface area contributed by atoms with E-state index in [0.717, 1.165) is 56.8 Å². The van der Waals surface area contributed by atoms with Gasteiger partial charge in [-0.05, 0) is 37.6 Å². The number of ether oxygens (including phenoxy) is 2. The Morgan fingerprint density at radius 1 is 1.11 bits per heavy atom. The van der Waals surface area contributed by atoms with Crippen LogP contribution in [0, 0.1) is 0 Å². The van der Waals surface area contributed by atoms with Crippen molar-refractivity contribution in [2.24, 2.45) is 0 Å². The third-order valence-electron chi connectivity index (χ3n) is 5.93. The van der Waals surface area contributed by atoms with Gasteiger partial charge in [0.25, 0.3) is 0 Å². The van der Waals surface area contributed by atoms with Crippen LogP contribution in [0.1, 0.15) is 25.5 Å². The molecule has 1 saturated heterocycles. The van der Waals surface area contributed by atoms with E-state index in [4.69, 9.17) is 14.0 Å². The molecule has 4 rings (SSSR count). The van der Waals surface area contributed by atoms with E-state index >= 15 is 0 Å². The zero-order valence-corrected chi connectivity index (χ0v) is 16.7. The molecule has 0 N–H and O–H groups in total. The van der Waals surface area contributed by atoms with Gasteiger partial charge in [-0.25, -0.2) is 0 Å². The summed E-state index contributed by atoms with van der Waals surface area (Å²) in [7, 11) is 3.20. The molecule has 1 aromatic carbocycles. The smallest absolute Gasteiger partial charge is 0.235 e. The molecule has 28 heavy (non-hydrogen) atoms. The van der Waals surface area contributed by atoms with Crippen molar-refractivity contribution in [3.05, 3.63) is 30.0 Å². The number of nitrogens with zero attached hydrogens (tertiary/aromatic N) is 3. The van der Waals surface area contributed by atoms with Crippen LogP contribution in [0.5, 0.6) is 11.5 Å². The van der Waals surface area contributed by atoms with Gasteiger partial charge in [0.2, 0.25) is 5.91 Å². The molecule has 2 heterocycles. The fourth-order valence-electron chi connectivity index (χ4n) is 3.90. The summed E-state index contributed by atoms with van der Waals surface area (Å²) in [6.45, 7) is 6.64. The predicted molar refractivity (Wildman–Crippen MR) is 105 cm³/mol. The summed E-state index contributed by atoms with van der Waals surface area (Å²) in [5.41, 5.74) is 1.07. The number of methoxy groups -OCH3 is 2. The van der Waals surface area contributed by atoms with Crippen LogP contribution in [-0.2, 0) is 10.2 Å². The fraction of sp³-hybridized carbons (Fsp3) is 0.524. The van der Waals surface area contributed by atoms with Crippen LogP contribution in [0.25, 0.3) is 11.3 Å². The van der Waals surface area contributed by atoms with E-state index in [-0.39, 0.29) is 5.91 Å². The van der Waals surface area contributed by atoms with Crippen LogP contribution in [0.4, 0.5) is 0 Å². The number of benzene rings is 1. The minimum Gasteiger partial charge on any atom is -0.493 e. The number of hydrogen-bond donors (Lipinski definition) is 0. The number of likely N-dealkylation sites (N-methyl/N-ethyl adjacent to an activating group) is 1. The topological polar surface area (TPSA) is 68.0 Å². The van der Waals surface area contributed by atoms with Crippen LogP contribution in [0.15, 0.2) is 28.8 Å². The number of aromatic nitrogens is 1. The van der Waals surface area contributed by atoms with Gasteiger partial charge >= 0.3 is 0 Å². The van der Waals surface area contributed by atoms with Gasteiger partial charge in [0.15, 0.2) is 17.3 Å². The number of carbonyl (C=O) groups excluding carboxylic acids is 1. The van der Waals surface area contributed by atoms with Crippen molar-refractivity contribution in [3.8, 4) is 22.8 Å². The maximum Gasteiger partial charge on any atom is 0.235 e. The Morgan fingerprint density at radius 3 is 2.43 bits per heavy atom. The molecular formula is C21H27N3O4. The van der Waals surface area contributed by atoms with E-state index in [2.05, 4.69) is 17.0 Å². The van der Waals surface area contributed by atoms with Crippen molar-refractivity contribution in [1.82, 2.24) is 15.0 Å². The van der Waals surface area contributed by atoms with Gasteiger partial charge < -0.3 is 23.8 Å². The highest BCUT2D eigenvalue weighted by Gasteiger charge is 2.55. The second-order valence-corrected chi connectivity index (χ2v) is 7.45. The SMILES string of the molecule is CCN1CCN(C(=O)C2(c3cc(-c4ccc(OC)c(OC)c4)on3)CC2)CC1. The summed E-state index contributed by atoms with van der Waals surface area (Å²) in [5, 5.41) is 4.27. The molecule has 0 unspecified atom stereocenters. The van der Waals surface area contributed by atoms with Crippen LogP contribution in [0.3, 0.4) is 0 Å². The average molecular weight is 385 g/mol. The lowest BCUT2D eigenvalue weighted by molar-refractivity contribution is -0.135. The van der Waals surface area contributed by atoms with Gasteiger partial charge in [-0.15, -0.1) is 0 Å².